The summed E-state index contributed by atoms with van der Waals surface area (Å²) in [5, 5.41) is 2.92. The molecule has 6 rings (SSSR count). The van der Waals surface area contributed by atoms with Crippen LogP contribution in [0.4, 0.5) is 40.8 Å². The van der Waals surface area contributed by atoms with Crippen molar-refractivity contribution in [1.29, 1.82) is 0 Å². The lowest BCUT2D eigenvalue weighted by atomic mass is 9.77. The van der Waals surface area contributed by atoms with Crippen molar-refractivity contribution >= 4 is 28.2 Å². The third-order valence-corrected chi connectivity index (χ3v) is 8.82. The predicted octanol–water partition coefficient (Wildman–Crippen LogP) is 10.9. The summed E-state index contributed by atoms with van der Waals surface area (Å²) in [5.74, 6) is -16.4. The highest BCUT2D eigenvalue weighted by Crippen LogP contribution is 2.52. The second kappa shape index (κ2) is 11.2. The van der Waals surface area contributed by atoms with Crippen molar-refractivity contribution in [3.05, 3.63) is 140 Å². The van der Waals surface area contributed by atoms with Gasteiger partial charge in [-0.3, -0.25) is 0 Å². The van der Waals surface area contributed by atoms with E-state index >= 15 is 17.6 Å². The summed E-state index contributed by atoms with van der Waals surface area (Å²) in [5.41, 5.74) is 0.394. The van der Waals surface area contributed by atoms with E-state index in [1.54, 1.807) is 20.8 Å². The fourth-order valence-corrected chi connectivity index (χ4v) is 6.48. The number of nitrogens with zero attached hydrogens (tertiary/aromatic N) is 1. The first-order valence-electron chi connectivity index (χ1n) is 14.3. The van der Waals surface area contributed by atoms with Gasteiger partial charge in [0.05, 0.1) is 16.9 Å². The summed E-state index contributed by atoms with van der Waals surface area (Å²) < 4.78 is 123. The Morgan fingerprint density at radius 2 is 1.37 bits per heavy atom. The predicted molar refractivity (Wildman–Crippen MR) is 164 cm³/mol. The van der Waals surface area contributed by atoms with Crippen LogP contribution >= 0.6 is 0 Å². The zero-order chi connectivity index (χ0) is 33.4. The van der Waals surface area contributed by atoms with Crippen LogP contribution in [0.2, 0.25) is 0 Å². The SMILES string of the molecule is C/C=C\C=C/c1cc2ccccc2n1-c1c(C)c(C)c(C)c(C2=C3C(F)=C(F)C(F)=C(F)C3Nc3c(F)c(F)c(F)c(F)c32)c1C. The molecule has 0 bridgehead atoms. The van der Waals surface area contributed by atoms with Gasteiger partial charge in [0.1, 0.15) is 6.04 Å². The number of rotatable bonds is 4. The van der Waals surface area contributed by atoms with E-state index in [0.29, 0.717) is 28.1 Å². The third-order valence-electron chi connectivity index (χ3n) is 8.82. The van der Waals surface area contributed by atoms with Gasteiger partial charge in [-0.15, -0.1) is 0 Å². The van der Waals surface area contributed by atoms with Crippen molar-refractivity contribution in [2.75, 3.05) is 5.32 Å². The maximum Gasteiger partial charge on any atom is 0.199 e. The summed E-state index contributed by atoms with van der Waals surface area (Å²) in [6.45, 7) is 8.59. The molecule has 1 aliphatic carbocycles. The van der Waals surface area contributed by atoms with Gasteiger partial charge >= 0.3 is 0 Å². The number of para-hydroxylation sites is 1. The highest BCUT2D eigenvalue weighted by Gasteiger charge is 2.45. The lowest BCUT2D eigenvalue weighted by Crippen LogP contribution is -2.34. The maximum atomic E-state index is 15.8. The molecule has 1 aromatic heterocycles. The van der Waals surface area contributed by atoms with Crippen LogP contribution in [0, 0.1) is 51.0 Å². The molecule has 10 heteroatoms. The van der Waals surface area contributed by atoms with E-state index in [-0.39, 0.29) is 5.56 Å². The van der Waals surface area contributed by atoms with Gasteiger partial charge in [0.2, 0.25) is 0 Å². The second-order valence-electron chi connectivity index (χ2n) is 11.2. The molecule has 0 spiro atoms. The zero-order valence-electron chi connectivity index (χ0n) is 25.2. The molecule has 2 heterocycles. The molecule has 1 aliphatic heterocycles. The number of anilines is 1. The fourth-order valence-electron chi connectivity index (χ4n) is 6.48. The number of halogens is 8. The van der Waals surface area contributed by atoms with Gasteiger partial charge in [-0.05, 0) is 80.6 Å². The Labute approximate surface area is 259 Å². The topological polar surface area (TPSA) is 17.0 Å². The van der Waals surface area contributed by atoms with Crippen LogP contribution in [-0.4, -0.2) is 10.6 Å². The first-order valence-corrected chi connectivity index (χ1v) is 14.3. The molecule has 0 saturated heterocycles. The molecular formula is C36H26F8N2. The van der Waals surface area contributed by atoms with Crippen LogP contribution in [0.3, 0.4) is 0 Å². The first kappa shape index (κ1) is 31.1. The Balaban J connectivity index is 1.82. The summed E-state index contributed by atoms with van der Waals surface area (Å²) in [6, 6.07) is 7.16. The van der Waals surface area contributed by atoms with Gasteiger partial charge in [-0.2, -0.15) is 0 Å². The molecule has 46 heavy (non-hydrogen) atoms. The van der Waals surface area contributed by atoms with E-state index in [1.165, 1.54) is 0 Å². The van der Waals surface area contributed by atoms with E-state index in [0.717, 1.165) is 16.5 Å². The minimum absolute atomic E-state index is 0.00983. The smallest absolute Gasteiger partial charge is 0.199 e. The average Bonchev–Trinajstić information content (AvgIpc) is 3.40. The second-order valence-corrected chi connectivity index (χ2v) is 11.2. The van der Waals surface area contributed by atoms with Gasteiger partial charge in [-0.1, -0.05) is 36.4 Å². The van der Waals surface area contributed by atoms with Crippen molar-refractivity contribution in [2.45, 2.75) is 40.7 Å². The van der Waals surface area contributed by atoms with Gasteiger partial charge < -0.3 is 9.88 Å². The van der Waals surface area contributed by atoms with E-state index in [4.69, 9.17) is 0 Å². The molecule has 236 valence electrons. The number of benzene rings is 3. The number of hydrogen-bond acceptors (Lipinski definition) is 1. The quantitative estimate of drug-likeness (QED) is 0.102. The summed E-state index contributed by atoms with van der Waals surface area (Å²) in [6.07, 6.45) is 7.33. The van der Waals surface area contributed by atoms with Crippen molar-refractivity contribution < 1.29 is 35.1 Å². The summed E-state index contributed by atoms with van der Waals surface area (Å²) in [4.78, 5) is 0. The number of allylic oxidation sites excluding steroid dienone is 5. The van der Waals surface area contributed by atoms with E-state index in [1.807, 2.05) is 73.1 Å². The summed E-state index contributed by atoms with van der Waals surface area (Å²) in [7, 11) is 0. The maximum absolute atomic E-state index is 15.8. The number of hydrogen-bond donors (Lipinski definition) is 1. The molecule has 0 fully saturated rings. The molecule has 1 atom stereocenters. The van der Waals surface area contributed by atoms with E-state index < -0.39 is 75.0 Å². The highest BCUT2D eigenvalue weighted by molar-refractivity contribution is 5.98. The largest absolute Gasteiger partial charge is 0.369 e. The molecule has 0 saturated carbocycles. The molecule has 1 N–H and O–H groups in total. The first-order chi connectivity index (χ1) is 21.8. The molecule has 2 nitrogen and oxygen atoms in total. The monoisotopic (exact) mass is 638 g/mol. The Bertz CT molecular complexity index is 2160. The van der Waals surface area contributed by atoms with Crippen molar-refractivity contribution in [3.8, 4) is 5.69 Å². The van der Waals surface area contributed by atoms with Gasteiger partial charge in [0, 0.05) is 27.8 Å². The molecule has 0 radical (unpaired) electrons. The van der Waals surface area contributed by atoms with Crippen molar-refractivity contribution in [3.63, 3.8) is 0 Å². The molecule has 3 aromatic carbocycles. The van der Waals surface area contributed by atoms with Crippen LogP contribution < -0.4 is 5.32 Å². The number of fused-ring (bicyclic) bond motifs is 3. The third kappa shape index (κ3) is 4.29. The molecule has 1 unspecified atom stereocenters. The van der Waals surface area contributed by atoms with Crippen molar-refractivity contribution in [2.24, 2.45) is 0 Å². The molecule has 0 amide bonds. The van der Waals surface area contributed by atoms with Gasteiger partial charge in [0.25, 0.3) is 0 Å². The molecular weight excluding hydrogens is 612 g/mol. The fraction of sp³-hybridized carbons (Fsp3) is 0.167. The Hall–Kier alpha value is -4.86. The van der Waals surface area contributed by atoms with Crippen LogP contribution in [0.15, 0.2) is 77.4 Å². The van der Waals surface area contributed by atoms with Gasteiger partial charge in [-0.25, -0.2) is 35.1 Å². The van der Waals surface area contributed by atoms with Gasteiger partial charge in [0.15, 0.2) is 46.6 Å². The number of aromatic nitrogens is 1. The Kier molecular flexibility index (Phi) is 7.57. The van der Waals surface area contributed by atoms with E-state index in [2.05, 4.69) is 5.32 Å². The zero-order valence-corrected chi connectivity index (χ0v) is 25.2. The van der Waals surface area contributed by atoms with Crippen LogP contribution in [0.5, 0.6) is 0 Å². The minimum atomic E-state index is -2.21. The Morgan fingerprint density at radius 1 is 0.696 bits per heavy atom. The standard InChI is InChI=1S/C36H26F8N2/c1-6-7-8-12-20-14-19-11-9-10-13-21(19)46(20)36-17(4)15(2)16(3)22(18(36)5)23-24-26(37)28(39)30(41)32(43)34(24)45-35-25(23)27(38)29(40)31(42)33(35)44/h6-14,34,45H,1-5H3/b7-6-,12-8-. The van der Waals surface area contributed by atoms with Crippen LogP contribution in [0.1, 0.15) is 46.0 Å². The molecule has 2 aliphatic rings. The lowest BCUT2D eigenvalue weighted by Gasteiger charge is -2.35. The number of nitrogens with one attached hydrogen (secondary N) is 1. The summed E-state index contributed by atoms with van der Waals surface area (Å²) >= 11 is 0. The van der Waals surface area contributed by atoms with E-state index in [9.17, 15) is 17.6 Å². The average molecular weight is 639 g/mol. The van der Waals surface area contributed by atoms with Crippen LogP contribution in [-0.2, 0) is 0 Å². The van der Waals surface area contributed by atoms with Crippen molar-refractivity contribution in [1.82, 2.24) is 4.57 Å². The lowest BCUT2D eigenvalue weighted by molar-refractivity contribution is 0.405. The van der Waals surface area contributed by atoms with Crippen LogP contribution in [0.25, 0.3) is 28.2 Å². The molecule has 4 aromatic rings. The highest BCUT2D eigenvalue weighted by atomic mass is 19.2. The normalized spacial score (nSPS) is 16.8. The Morgan fingerprint density at radius 3 is 2.07 bits per heavy atom. The minimum Gasteiger partial charge on any atom is -0.369 e.